The zero-order valence-corrected chi connectivity index (χ0v) is 12.6. The summed E-state index contributed by atoms with van der Waals surface area (Å²) in [5.41, 5.74) is 2.63. The van der Waals surface area contributed by atoms with Crippen molar-refractivity contribution >= 4 is 11.3 Å². The van der Waals surface area contributed by atoms with Gasteiger partial charge in [0.05, 0.1) is 13.2 Å². The topological polar surface area (TPSA) is 21.3 Å². The van der Waals surface area contributed by atoms with Gasteiger partial charge in [0, 0.05) is 4.88 Å². The molecule has 1 aromatic carbocycles. The van der Waals surface area contributed by atoms with E-state index in [0.29, 0.717) is 0 Å². The molecule has 1 N–H and O–H groups in total. The predicted octanol–water partition coefficient (Wildman–Crippen LogP) is 4.15. The van der Waals surface area contributed by atoms with E-state index in [9.17, 15) is 0 Å². The van der Waals surface area contributed by atoms with Crippen molar-refractivity contribution in [2.75, 3.05) is 13.7 Å². The average Bonchev–Trinajstić information content (AvgIpc) is 2.86. The lowest BCUT2D eigenvalue weighted by Crippen LogP contribution is -2.22. The standard InChI is InChI=1S/C16H21NOS/c1-4-9-17-16(14-10-12(2)19-11-14)13-5-7-15(18-3)8-6-13/h5-8,10-11,16-17H,4,9H2,1-3H3. The monoisotopic (exact) mass is 275 g/mol. The van der Waals surface area contributed by atoms with Gasteiger partial charge in [-0.15, -0.1) is 11.3 Å². The third-order valence-corrected chi connectivity index (χ3v) is 4.01. The molecule has 0 aliphatic heterocycles. The molecule has 1 atom stereocenters. The molecule has 2 aromatic rings. The van der Waals surface area contributed by atoms with Crippen LogP contribution in [-0.4, -0.2) is 13.7 Å². The van der Waals surface area contributed by atoms with Crippen LogP contribution in [0.5, 0.6) is 5.75 Å². The van der Waals surface area contributed by atoms with Gasteiger partial charge in [0.15, 0.2) is 0 Å². The van der Waals surface area contributed by atoms with Crippen molar-refractivity contribution in [3.63, 3.8) is 0 Å². The summed E-state index contributed by atoms with van der Waals surface area (Å²) in [6.45, 7) is 5.36. The van der Waals surface area contributed by atoms with Crippen LogP contribution in [0.25, 0.3) is 0 Å². The van der Waals surface area contributed by atoms with Gasteiger partial charge in [0.1, 0.15) is 5.75 Å². The van der Waals surface area contributed by atoms with Crippen LogP contribution in [0.15, 0.2) is 35.7 Å². The van der Waals surface area contributed by atoms with Gasteiger partial charge in [-0.1, -0.05) is 19.1 Å². The smallest absolute Gasteiger partial charge is 0.118 e. The predicted molar refractivity (Wildman–Crippen MR) is 82.2 cm³/mol. The number of methoxy groups -OCH3 is 1. The second-order valence-corrected chi connectivity index (χ2v) is 5.77. The Balaban J connectivity index is 2.25. The third kappa shape index (κ3) is 3.58. The lowest BCUT2D eigenvalue weighted by Gasteiger charge is -2.18. The van der Waals surface area contributed by atoms with Crippen molar-refractivity contribution < 1.29 is 4.74 Å². The van der Waals surface area contributed by atoms with Gasteiger partial charge < -0.3 is 10.1 Å². The molecule has 2 nitrogen and oxygen atoms in total. The van der Waals surface area contributed by atoms with E-state index in [0.717, 1.165) is 18.7 Å². The minimum Gasteiger partial charge on any atom is -0.497 e. The Morgan fingerprint density at radius 3 is 2.47 bits per heavy atom. The Morgan fingerprint density at radius 1 is 1.21 bits per heavy atom. The van der Waals surface area contributed by atoms with Gasteiger partial charge in [-0.2, -0.15) is 0 Å². The van der Waals surface area contributed by atoms with E-state index in [2.05, 4.69) is 42.7 Å². The van der Waals surface area contributed by atoms with Gasteiger partial charge in [-0.05, 0) is 54.6 Å². The second kappa shape index (κ2) is 6.73. The highest BCUT2D eigenvalue weighted by atomic mass is 32.1. The maximum Gasteiger partial charge on any atom is 0.118 e. The lowest BCUT2D eigenvalue weighted by molar-refractivity contribution is 0.414. The minimum absolute atomic E-state index is 0.274. The number of thiophene rings is 1. The molecular weight excluding hydrogens is 254 g/mol. The summed E-state index contributed by atoms with van der Waals surface area (Å²) in [5, 5.41) is 5.86. The molecule has 1 heterocycles. The lowest BCUT2D eigenvalue weighted by atomic mass is 10.0. The largest absolute Gasteiger partial charge is 0.497 e. The fraction of sp³-hybridized carbons (Fsp3) is 0.375. The minimum atomic E-state index is 0.274. The number of benzene rings is 1. The van der Waals surface area contributed by atoms with Crippen molar-refractivity contribution in [1.29, 1.82) is 0 Å². The van der Waals surface area contributed by atoms with Crippen molar-refractivity contribution in [1.82, 2.24) is 5.32 Å². The van der Waals surface area contributed by atoms with Crippen LogP contribution in [0.1, 0.15) is 35.4 Å². The first-order valence-electron chi connectivity index (χ1n) is 6.67. The molecule has 3 heteroatoms. The quantitative estimate of drug-likeness (QED) is 0.855. The number of ether oxygens (including phenoxy) is 1. The van der Waals surface area contributed by atoms with Crippen LogP contribution in [0.3, 0.4) is 0 Å². The van der Waals surface area contributed by atoms with E-state index < -0.39 is 0 Å². The van der Waals surface area contributed by atoms with Gasteiger partial charge in [0.25, 0.3) is 0 Å². The van der Waals surface area contributed by atoms with E-state index in [1.54, 1.807) is 18.4 Å². The summed E-state index contributed by atoms with van der Waals surface area (Å²) in [7, 11) is 1.70. The van der Waals surface area contributed by atoms with Crippen molar-refractivity contribution in [3.8, 4) is 5.75 Å². The van der Waals surface area contributed by atoms with E-state index in [-0.39, 0.29) is 6.04 Å². The van der Waals surface area contributed by atoms with Crippen LogP contribution in [0.2, 0.25) is 0 Å². The van der Waals surface area contributed by atoms with Crippen LogP contribution in [0.4, 0.5) is 0 Å². The normalized spacial score (nSPS) is 12.4. The molecule has 2 rings (SSSR count). The van der Waals surface area contributed by atoms with Crippen LogP contribution < -0.4 is 10.1 Å². The molecule has 0 bridgehead atoms. The van der Waals surface area contributed by atoms with Gasteiger partial charge in [0.2, 0.25) is 0 Å². The van der Waals surface area contributed by atoms with Gasteiger partial charge >= 0.3 is 0 Å². The number of nitrogens with one attached hydrogen (secondary N) is 1. The van der Waals surface area contributed by atoms with E-state index >= 15 is 0 Å². The van der Waals surface area contributed by atoms with Crippen molar-refractivity contribution in [2.24, 2.45) is 0 Å². The van der Waals surface area contributed by atoms with Crippen molar-refractivity contribution in [3.05, 3.63) is 51.7 Å². The molecule has 0 aliphatic rings. The summed E-state index contributed by atoms with van der Waals surface area (Å²) >= 11 is 1.80. The third-order valence-electron chi connectivity index (χ3n) is 3.13. The molecule has 1 unspecified atom stereocenters. The molecule has 1 aromatic heterocycles. The molecular formula is C16H21NOS. The Kier molecular flexibility index (Phi) is 5.00. The molecule has 0 fully saturated rings. The first kappa shape index (κ1) is 14.1. The zero-order chi connectivity index (χ0) is 13.7. The van der Waals surface area contributed by atoms with E-state index in [4.69, 9.17) is 4.74 Å². The maximum absolute atomic E-state index is 5.22. The number of hydrogen-bond acceptors (Lipinski definition) is 3. The number of aryl methyl sites for hydroxylation is 1. The highest BCUT2D eigenvalue weighted by Gasteiger charge is 2.14. The molecule has 19 heavy (non-hydrogen) atoms. The number of rotatable bonds is 6. The van der Waals surface area contributed by atoms with Gasteiger partial charge in [-0.25, -0.2) is 0 Å². The van der Waals surface area contributed by atoms with Crippen LogP contribution >= 0.6 is 11.3 Å². The zero-order valence-electron chi connectivity index (χ0n) is 11.8. The molecule has 0 radical (unpaired) electrons. The molecule has 0 saturated carbocycles. The Hall–Kier alpha value is -1.32. The summed E-state index contributed by atoms with van der Waals surface area (Å²) in [6.07, 6.45) is 1.13. The summed E-state index contributed by atoms with van der Waals surface area (Å²) < 4.78 is 5.22. The second-order valence-electron chi connectivity index (χ2n) is 4.65. The summed E-state index contributed by atoms with van der Waals surface area (Å²) in [6, 6.07) is 10.9. The maximum atomic E-state index is 5.22. The summed E-state index contributed by atoms with van der Waals surface area (Å²) in [4.78, 5) is 1.35. The summed E-state index contributed by atoms with van der Waals surface area (Å²) in [5.74, 6) is 0.902. The fourth-order valence-corrected chi connectivity index (χ4v) is 2.86. The first-order valence-corrected chi connectivity index (χ1v) is 7.55. The first-order chi connectivity index (χ1) is 9.24. The van der Waals surface area contributed by atoms with Crippen LogP contribution in [-0.2, 0) is 0 Å². The van der Waals surface area contributed by atoms with Crippen LogP contribution in [0, 0.1) is 6.92 Å². The molecule has 0 saturated heterocycles. The Labute approximate surface area is 119 Å². The highest BCUT2D eigenvalue weighted by Crippen LogP contribution is 2.27. The number of hydrogen-bond donors (Lipinski definition) is 1. The highest BCUT2D eigenvalue weighted by molar-refractivity contribution is 7.10. The molecule has 102 valence electrons. The Morgan fingerprint density at radius 2 is 1.95 bits per heavy atom. The average molecular weight is 275 g/mol. The SMILES string of the molecule is CCCNC(c1ccc(OC)cc1)c1csc(C)c1. The van der Waals surface area contributed by atoms with Gasteiger partial charge in [-0.3, -0.25) is 0 Å². The molecule has 0 aliphatic carbocycles. The Bertz CT molecular complexity index is 504. The van der Waals surface area contributed by atoms with Crippen molar-refractivity contribution in [2.45, 2.75) is 26.3 Å². The molecule has 0 spiro atoms. The van der Waals surface area contributed by atoms with E-state index in [1.165, 1.54) is 16.0 Å². The van der Waals surface area contributed by atoms with E-state index in [1.807, 2.05) is 12.1 Å². The fourth-order valence-electron chi connectivity index (χ4n) is 2.13. The molecule has 0 amide bonds.